The molecule has 2 rings (SSSR count). The van der Waals surface area contributed by atoms with Crippen molar-refractivity contribution < 1.29 is 39.0 Å². The van der Waals surface area contributed by atoms with E-state index in [-0.39, 0.29) is 39.0 Å². The smallest absolute Gasteiger partial charge is 0.214 e. The first kappa shape index (κ1) is 24.4. The van der Waals surface area contributed by atoms with Gasteiger partial charge in [-0.05, 0) is 0 Å². The van der Waals surface area contributed by atoms with Crippen LogP contribution in [0.4, 0.5) is 0 Å². The number of rotatable bonds is 0. The first-order valence-electron chi connectivity index (χ1n) is 3.74. The van der Waals surface area contributed by atoms with Crippen molar-refractivity contribution in [1.82, 2.24) is 0 Å². The average Bonchev–Trinajstić information content (AvgIpc) is 3.01. The van der Waals surface area contributed by atoms with Gasteiger partial charge in [0, 0.05) is 0 Å². The third-order valence-corrected chi connectivity index (χ3v) is 1.11. The van der Waals surface area contributed by atoms with E-state index < -0.39 is 0 Å². The quantitative estimate of drug-likeness (QED) is 0.408. The summed E-state index contributed by atoms with van der Waals surface area (Å²) < 4.78 is 0. The summed E-state index contributed by atoms with van der Waals surface area (Å²) in [4.78, 5) is 15.0. The van der Waals surface area contributed by atoms with E-state index in [4.69, 9.17) is 9.81 Å². The summed E-state index contributed by atoms with van der Waals surface area (Å²) in [5, 5.41) is 0. The largest absolute Gasteiger partial charge is 5.00 e. The zero-order chi connectivity index (χ0) is 11.1. The molecule has 0 atom stereocenters. The fraction of sp³-hybridized carbons (Fsp3) is 0. The molecule has 0 unspecified atom stereocenters. The molecule has 0 aliphatic heterocycles. The number of nitrogens with one attached hydrogen (secondary N) is 2. The summed E-state index contributed by atoms with van der Waals surface area (Å²) in [6, 6.07) is 20.0. The fourth-order valence-electron chi connectivity index (χ4n) is 0.642. The molecule has 0 aromatic heterocycles. The van der Waals surface area contributed by atoms with Crippen molar-refractivity contribution in [3.05, 3.63) is 70.5 Å². The normalized spacial score (nSPS) is 5.50. The Labute approximate surface area is 120 Å². The molecule has 0 fully saturated rings. The van der Waals surface area contributed by atoms with Gasteiger partial charge in [-0.1, -0.05) is 11.2 Å². The fourth-order valence-corrected chi connectivity index (χ4v) is 0.642. The summed E-state index contributed by atoms with van der Waals surface area (Å²) >= 11 is 0. The van der Waals surface area contributed by atoms with E-state index in [1.54, 1.807) is 0 Å². The average molecular weight is 394 g/mol. The molecular weight excluding hydrogens is 382 g/mol. The summed E-state index contributed by atoms with van der Waals surface area (Å²) in [6.45, 7) is 0. The van der Waals surface area contributed by atoms with Crippen molar-refractivity contribution in [2.24, 2.45) is 0 Å². The maximum atomic E-state index is 7.50. The molecule has 0 spiro atoms. The molecule has 2 N–H and O–H groups in total. The summed E-state index contributed by atoms with van der Waals surface area (Å²) in [5.74, 6) is 0. The van der Waals surface area contributed by atoms with E-state index >= 15 is 0 Å². The first-order valence-corrected chi connectivity index (χ1v) is 3.74. The van der Waals surface area contributed by atoms with Crippen molar-refractivity contribution in [3.8, 4) is 0 Å². The van der Waals surface area contributed by atoms with Gasteiger partial charge in [0.2, 0.25) is 0 Å². The Kier molecular flexibility index (Phi) is 44.6. The third kappa shape index (κ3) is 23.2. The molecule has 0 aliphatic carbocycles. The first-order chi connectivity index (χ1) is 7.00. The molecule has 4 nitrogen and oxygen atoms in total. The molecule has 16 heavy (non-hydrogen) atoms. The zero-order valence-electron chi connectivity index (χ0n) is 8.30. The number of nitroso groups, excluding NO2 is 2. The van der Waals surface area contributed by atoms with Gasteiger partial charge in [-0.25, -0.2) is 24.3 Å². The maximum Gasteiger partial charge on any atom is 5.00 e. The van der Waals surface area contributed by atoms with Crippen LogP contribution in [0.3, 0.4) is 0 Å². The second-order valence-electron chi connectivity index (χ2n) is 1.92. The predicted octanol–water partition coefficient (Wildman–Crippen LogP) is 3.47. The number of hydrogen-bond donors (Lipinski definition) is 2. The van der Waals surface area contributed by atoms with Crippen LogP contribution in [0.25, 0.3) is 0 Å². The van der Waals surface area contributed by atoms with Crippen LogP contribution in [-0.4, -0.2) is 0 Å². The second kappa shape index (κ2) is 29.2. The van der Waals surface area contributed by atoms with Gasteiger partial charge < -0.3 is 0 Å². The molecule has 2 aromatic rings. The van der Waals surface area contributed by atoms with Crippen LogP contribution in [0, 0.1) is 21.0 Å². The molecular formula is C10H12N2O2Ru2+8. The third-order valence-electron chi connectivity index (χ3n) is 1.11. The molecule has 0 saturated heterocycles. The van der Waals surface area contributed by atoms with Gasteiger partial charge in [-0.2, -0.15) is 46.2 Å². The summed E-state index contributed by atoms with van der Waals surface area (Å²) in [6.07, 6.45) is 0. The van der Waals surface area contributed by atoms with E-state index in [9.17, 15) is 0 Å². The zero-order valence-corrected chi connectivity index (χ0v) is 11.8. The van der Waals surface area contributed by atoms with Crippen LogP contribution >= 0.6 is 0 Å². The standard InChI is InChI=1S/2C5H5.2HNO.2Ru/c2*1-2-4-5-3-1;2*1-2;;/h2*1-5H;2*1H;;/q2*-1;;;2*+5. The Morgan fingerprint density at radius 3 is 0.812 bits per heavy atom. The van der Waals surface area contributed by atoms with Crippen molar-refractivity contribution in [1.29, 1.82) is 11.2 Å². The van der Waals surface area contributed by atoms with Crippen molar-refractivity contribution in [2.75, 3.05) is 0 Å². The Morgan fingerprint density at radius 1 is 0.562 bits per heavy atom. The van der Waals surface area contributed by atoms with Gasteiger partial charge in [0.1, 0.15) is 0 Å². The van der Waals surface area contributed by atoms with Crippen LogP contribution in [0.2, 0.25) is 0 Å². The van der Waals surface area contributed by atoms with Crippen LogP contribution in [-0.2, 0) is 39.0 Å². The Balaban J connectivity index is -0.0000000631. The monoisotopic (exact) mass is 396 g/mol. The molecule has 2 aromatic carbocycles. The van der Waals surface area contributed by atoms with Gasteiger partial charge in [-0.3, -0.25) is 0 Å². The minimum Gasteiger partial charge on any atom is -0.214 e. The SMILES string of the molecule is N=O.N=O.[Ru+5].[Ru+5].c1cc[cH-]c1.c1cc[cH-]c1. The maximum absolute atomic E-state index is 7.50. The van der Waals surface area contributed by atoms with E-state index in [0.717, 1.165) is 0 Å². The molecule has 0 saturated carbocycles. The van der Waals surface area contributed by atoms with Gasteiger partial charge in [0.05, 0.1) is 0 Å². The van der Waals surface area contributed by atoms with Crippen molar-refractivity contribution in [2.45, 2.75) is 0 Å². The van der Waals surface area contributed by atoms with Crippen LogP contribution in [0.15, 0.2) is 60.7 Å². The Bertz CT molecular complexity index is 187. The molecule has 6 heteroatoms. The van der Waals surface area contributed by atoms with Gasteiger partial charge >= 0.3 is 39.0 Å². The van der Waals surface area contributed by atoms with E-state index in [0.29, 0.717) is 0 Å². The minimum absolute atomic E-state index is 0. The van der Waals surface area contributed by atoms with Crippen LogP contribution in [0.1, 0.15) is 0 Å². The van der Waals surface area contributed by atoms with Gasteiger partial charge in [-0.15, -0.1) is 0 Å². The molecule has 0 amide bonds. The topological polar surface area (TPSA) is 81.8 Å². The Morgan fingerprint density at radius 2 is 0.750 bits per heavy atom. The summed E-state index contributed by atoms with van der Waals surface area (Å²) in [7, 11) is 0. The predicted molar refractivity (Wildman–Crippen MR) is 56.2 cm³/mol. The van der Waals surface area contributed by atoms with Crippen LogP contribution < -0.4 is 0 Å². The summed E-state index contributed by atoms with van der Waals surface area (Å²) in [5.41, 5.74) is 9.00. The van der Waals surface area contributed by atoms with Crippen molar-refractivity contribution >= 4 is 0 Å². The molecule has 2 radical (unpaired) electrons. The van der Waals surface area contributed by atoms with E-state index in [1.807, 2.05) is 60.7 Å². The molecule has 0 aliphatic rings. The minimum atomic E-state index is 0. The second-order valence-corrected chi connectivity index (χ2v) is 1.92. The Hall–Kier alpha value is -0.853. The van der Waals surface area contributed by atoms with Gasteiger partial charge in [0.25, 0.3) is 0 Å². The number of hydrogen-bond acceptors (Lipinski definition) is 4. The van der Waals surface area contributed by atoms with E-state index in [1.165, 1.54) is 0 Å². The molecule has 0 bridgehead atoms. The van der Waals surface area contributed by atoms with E-state index in [2.05, 4.69) is 11.2 Å². The van der Waals surface area contributed by atoms with Crippen LogP contribution in [0.5, 0.6) is 0 Å². The molecule has 82 valence electrons. The van der Waals surface area contributed by atoms with Gasteiger partial charge in [0.15, 0.2) is 0 Å². The molecule has 0 heterocycles. The van der Waals surface area contributed by atoms with Crippen molar-refractivity contribution in [3.63, 3.8) is 0 Å².